The fraction of sp³-hybridized carbons (Fsp3) is 0.375. The van der Waals surface area contributed by atoms with Crippen molar-refractivity contribution >= 4 is 23.2 Å². The maximum atomic E-state index is 13.7. The number of halogens is 2. The van der Waals surface area contributed by atoms with Gasteiger partial charge in [0, 0.05) is 31.2 Å². The van der Waals surface area contributed by atoms with Crippen LogP contribution < -0.4 is 0 Å². The van der Waals surface area contributed by atoms with Gasteiger partial charge >= 0.3 is 0 Å². The number of hydrogen-bond donors (Lipinski definition) is 0. The molecule has 4 aliphatic rings. The van der Waals surface area contributed by atoms with Crippen LogP contribution in [0.3, 0.4) is 0 Å². The molecule has 2 heterocycles. The molecule has 0 radical (unpaired) electrons. The van der Waals surface area contributed by atoms with Crippen LogP contribution in [0.4, 0.5) is 8.78 Å². The topological polar surface area (TPSA) is 50.5 Å². The second-order valence-corrected chi connectivity index (χ2v) is 9.28. The minimum atomic E-state index is -0.635. The molecular formula is C24H22F2N4O. The zero-order valence-electron chi connectivity index (χ0n) is 16.9. The number of rotatable bonds is 4. The fourth-order valence-electron chi connectivity index (χ4n) is 5.96. The molecule has 7 heteroatoms. The highest BCUT2D eigenvalue weighted by Gasteiger charge is 2.59. The number of hydrogen-bond acceptors (Lipinski definition) is 3. The van der Waals surface area contributed by atoms with Crippen LogP contribution in [0.2, 0.25) is 0 Å². The molecule has 158 valence electrons. The molecule has 1 amide bonds. The van der Waals surface area contributed by atoms with Gasteiger partial charge in [-0.15, -0.1) is 0 Å². The van der Waals surface area contributed by atoms with E-state index in [1.807, 2.05) is 24.5 Å². The Morgan fingerprint density at radius 1 is 1.10 bits per heavy atom. The molecule has 1 unspecified atom stereocenters. The Balaban J connectivity index is 1.20. The monoisotopic (exact) mass is 420 g/mol. The molecule has 3 aliphatic carbocycles. The molecule has 2 aromatic carbocycles. The zero-order valence-corrected chi connectivity index (χ0v) is 16.9. The van der Waals surface area contributed by atoms with E-state index in [1.165, 1.54) is 17.1 Å². The number of carbonyl (C=O) groups excluding carboxylic acids is 1. The molecule has 0 N–H and O–H groups in total. The van der Waals surface area contributed by atoms with E-state index in [0.29, 0.717) is 17.9 Å². The first-order valence-electron chi connectivity index (χ1n) is 10.7. The van der Waals surface area contributed by atoms with E-state index in [4.69, 9.17) is 0 Å². The summed E-state index contributed by atoms with van der Waals surface area (Å²) in [5, 5.41) is 5.75. The van der Waals surface area contributed by atoms with E-state index in [1.54, 1.807) is 6.21 Å². The predicted molar refractivity (Wildman–Crippen MR) is 112 cm³/mol. The van der Waals surface area contributed by atoms with Gasteiger partial charge in [-0.25, -0.2) is 18.8 Å². The molecule has 0 spiro atoms. The molecule has 3 aromatic rings. The molecule has 3 fully saturated rings. The summed E-state index contributed by atoms with van der Waals surface area (Å²) in [6.45, 7) is 0.857. The number of para-hydroxylation sites is 2. The molecule has 1 aliphatic heterocycles. The van der Waals surface area contributed by atoms with Crippen molar-refractivity contribution in [1.82, 2.24) is 14.6 Å². The first-order valence-corrected chi connectivity index (χ1v) is 10.7. The maximum Gasteiger partial charge on any atom is 0.246 e. The first kappa shape index (κ1) is 18.7. The van der Waals surface area contributed by atoms with Gasteiger partial charge in [-0.1, -0.05) is 12.1 Å². The SMILES string of the molecule is O=C([C@H]1CC2(Cn3cnc4ccccc43)CC1C2)N1N=CCC1c1cc(F)cc(F)c1. The van der Waals surface area contributed by atoms with E-state index >= 15 is 0 Å². The number of nitrogens with zero attached hydrogens (tertiary/aromatic N) is 4. The van der Waals surface area contributed by atoms with Gasteiger partial charge in [0.1, 0.15) is 11.6 Å². The summed E-state index contributed by atoms with van der Waals surface area (Å²) < 4.78 is 29.7. The molecule has 7 rings (SSSR count). The van der Waals surface area contributed by atoms with E-state index in [2.05, 4.69) is 20.7 Å². The predicted octanol–water partition coefficient (Wildman–Crippen LogP) is 4.69. The van der Waals surface area contributed by atoms with Crippen molar-refractivity contribution in [1.29, 1.82) is 0 Å². The third-order valence-electron chi connectivity index (χ3n) is 7.29. The summed E-state index contributed by atoms with van der Waals surface area (Å²) in [7, 11) is 0. The highest BCUT2D eigenvalue weighted by Crippen LogP contribution is 2.63. The summed E-state index contributed by atoms with van der Waals surface area (Å²) >= 11 is 0. The van der Waals surface area contributed by atoms with Crippen molar-refractivity contribution in [3.63, 3.8) is 0 Å². The molecule has 3 saturated carbocycles. The average molecular weight is 420 g/mol. The van der Waals surface area contributed by atoms with Crippen LogP contribution in [0.15, 0.2) is 53.9 Å². The third kappa shape index (κ3) is 2.98. The van der Waals surface area contributed by atoms with Crippen LogP contribution in [-0.4, -0.2) is 26.7 Å². The van der Waals surface area contributed by atoms with Crippen molar-refractivity contribution in [3.05, 3.63) is 66.0 Å². The first-order chi connectivity index (χ1) is 15.0. The fourth-order valence-corrected chi connectivity index (χ4v) is 5.96. The molecule has 31 heavy (non-hydrogen) atoms. The number of amides is 1. The highest BCUT2D eigenvalue weighted by molar-refractivity contribution is 5.83. The van der Waals surface area contributed by atoms with Crippen LogP contribution in [0, 0.1) is 28.9 Å². The number of imidazole rings is 1. The van der Waals surface area contributed by atoms with Crippen molar-refractivity contribution in [2.45, 2.75) is 38.3 Å². The van der Waals surface area contributed by atoms with Gasteiger partial charge in [0.2, 0.25) is 5.91 Å². The van der Waals surface area contributed by atoms with E-state index < -0.39 is 17.7 Å². The Bertz CT molecular complexity index is 1190. The summed E-state index contributed by atoms with van der Waals surface area (Å²) in [5.74, 6) is -1.04. The number of fused-ring (bicyclic) bond motifs is 2. The highest BCUT2D eigenvalue weighted by atomic mass is 19.1. The number of hydrazone groups is 1. The Labute approximate surface area is 178 Å². The molecule has 2 bridgehead atoms. The second-order valence-electron chi connectivity index (χ2n) is 9.28. The van der Waals surface area contributed by atoms with Crippen molar-refractivity contribution < 1.29 is 13.6 Å². The lowest BCUT2D eigenvalue weighted by Crippen LogP contribution is -2.35. The number of carbonyl (C=O) groups is 1. The van der Waals surface area contributed by atoms with E-state index in [0.717, 1.165) is 42.9 Å². The van der Waals surface area contributed by atoms with Crippen molar-refractivity contribution in [3.8, 4) is 0 Å². The van der Waals surface area contributed by atoms with Crippen LogP contribution >= 0.6 is 0 Å². The summed E-state index contributed by atoms with van der Waals surface area (Å²) in [6.07, 6.45) is 6.89. The van der Waals surface area contributed by atoms with E-state index in [9.17, 15) is 13.6 Å². The number of aromatic nitrogens is 2. The largest absolute Gasteiger partial charge is 0.330 e. The maximum absolute atomic E-state index is 13.7. The minimum absolute atomic E-state index is 0.0247. The van der Waals surface area contributed by atoms with Crippen molar-refractivity contribution in [2.24, 2.45) is 22.4 Å². The van der Waals surface area contributed by atoms with Gasteiger partial charge in [-0.05, 0) is 60.4 Å². The lowest BCUT2D eigenvalue weighted by molar-refractivity contribution is -0.138. The van der Waals surface area contributed by atoms with Gasteiger partial charge in [0.15, 0.2) is 0 Å². The standard InChI is InChI=1S/C24H22F2N4O/c25-17-7-15(8-18(26)9-17)21-5-6-28-30(21)23(31)19-12-24(10-16(19)11-24)13-29-14-27-20-3-1-2-4-22(20)29/h1-4,6-9,14,16,19,21H,5,10-13H2/t16?,19-,21?,24?/m0/s1. The molecule has 0 saturated heterocycles. The quantitative estimate of drug-likeness (QED) is 0.615. The second kappa shape index (κ2) is 6.70. The molecule has 2 atom stereocenters. The Morgan fingerprint density at radius 2 is 1.87 bits per heavy atom. The molecule has 5 nitrogen and oxygen atoms in total. The van der Waals surface area contributed by atoms with Crippen LogP contribution in [0.5, 0.6) is 0 Å². The van der Waals surface area contributed by atoms with Gasteiger partial charge in [0.05, 0.1) is 23.4 Å². The van der Waals surface area contributed by atoms with Crippen LogP contribution in [0.1, 0.15) is 37.3 Å². The lowest BCUT2D eigenvalue weighted by atomic mass is 9.69. The molecule has 1 aromatic heterocycles. The number of benzene rings is 2. The van der Waals surface area contributed by atoms with Crippen LogP contribution in [-0.2, 0) is 11.3 Å². The molecular weight excluding hydrogens is 398 g/mol. The third-order valence-corrected chi connectivity index (χ3v) is 7.29. The van der Waals surface area contributed by atoms with Crippen molar-refractivity contribution in [2.75, 3.05) is 0 Å². The Morgan fingerprint density at radius 3 is 2.68 bits per heavy atom. The Hall–Kier alpha value is -3.09. The summed E-state index contributed by atoms with van der Waals surface area (Å²) in [4.78, 5) is 17.9. The minimum Gasteiger partial charge on any atom is -0.330 e. The van der Waals surface area contributed by atoms with Gasteiger partial charge in [-0.3, -0.25) is 4.79 Å². The summed E-state index contributed by atoms with van der Waals surface area (Å²) in [5.41, 5.74) is 2.66. The lowest BCUT2D eigenvalue weighted by Gasteiger charge is -2.39. The zero-order chi connectivity index (χ0) is 21.2. The van der Waals surface area contributed by atoms with Gasteiger partial charge in [-0.2, -0.15) is 5.10 Å². The van der Waals surface area contributed by atoms with E-state index in [-0.39, 0.29) is 17.2 Å². The van der Waals surface area contributed by atoms with Crippen LogP contribution in [0.25, 0.3) is 11.0 Å². The summed E-state index contributed by atoms with van der Waals surface area (Å²) in [6, 6.07) is 11.1. The Kier molecular flexibility index (Phi) is 4.04. The average Bonchev–Trinajstić information content (AvgIpc) is 3.49. The van der Waals surface area contributed by atoms with Gasteiger partial charge < -0.3 is 4.57 Å². The smallest absolute Gasteiger partial charge is 0.246 e. The van der Waals surface area contributed by atoms with Gasteiger partial charge in [0.25, 0.3) is 0 Å². The normalized spacial score (nSPS) is 29.0.